The van der Waals surface area contributed by atoms with E-state index in [1.165, 1.54) is 0 Å². The van der Waals surface area contributed by atoms with E-state index in [0.717, 1.165) is 41.6 Å². The number of aryl methyl sites for hydroxylation is 2. The highest BCUT2D eigenvalue weighted by Crippen LogP contribution is 2.16. The van der Waals surface area contributed by atoms with Crippen LogP contribution in [-0.4, -0.2) is 33.3 Å². The Morgan fingerprint density at radius 2 is 2.10 bits per heavy atom. The third-order valence-corrected chi connectivity index (χ3v) is 3.23. The van der Waals surface area contributed by atoms with Gasteiger partial charge in [0, 0.05) is 12.6 Å². The van der Waals surface area contributed by atoms with Gasteiger partial charge in [0.25, 0.3) is 5.56 Å². The van der Waals surface area contributed by atoms with Gasteiger partial charge in [0.15, 0.2) is 0 Å². The molecule has 0 fully saturated rings. The highest BCUT2D eigenvalue weighted by molar-refractivity contribution is 5.76. The molecule has 7 heteroatoms. The highest BCUT2D eigenvalue weighted by Gasteiger charge is 2.14. The molecule has 20 heavy (non-hydrogen) atoms. The molecule has 1 aromatic rings. The lowest BCUT2D eigenvalue weighted by Gasteiger charge is -2.15. The molecule has 0 aliphatic heterocycles. The van der Waals surface area contributed by atoms with Crippen LogP contribution in [0.1, 0.15) is 30.5 Å². The Hall–Kier alpha value is -2.18. The van der Waals surface area contributed by atoms with Crippen LogP contribution < -0.4 is 10.9 Å². The molecule has 0 unspecified atom stereocenters. The maximum absolute atomic E-state index is 11.8. The fourth-order valence-electron chi connectivity index (χ4n) is 2.22. The molecular formula is C13H17N3O4. The average molecular weight is 279 g/mol. The van der Waals surface area contributed by atoms with E-state index >= 15 is 0 Å². The number of aliphatic carboxylic acids is 1. The van der Waals surface area contributed by atoms with Gasteiger partial charge in [-0.25, -0.2) is 4.68 Å². The van der Waals surface area contributed by atoms with Gasteiger partial charge in [-0.05, 0) is 31.2 Å². The molecule has 1 aliphatic carbocycles. The molecule has 1 aromatic heterocycles. The van der Waals surface area contributed by atoms with Gasteiger partial charge in [-0.15, -0.1) is 0 Å². The minimum absolute atomic E-state index is 0.0495. The van der Waals surface area contributed by atoms with Crippen molar-refractivity contribution in [1.29, 1.82) is 0 Å². The smallest absolute Gasteiger partial charge is 0.305 e. The second-order valence-electron chi connectivity index (χ2n) is 4.81. The molecule has 108 valence electrons. The largest absolute Gasteiger partial charge is 0.481 e. The quantitative estimate of drug-likeness (QED) is 0.771. The monoisotopic (exact) mass is 279 g/mol. The van der Waals surface area contributed by atoms with E-state index < -0.39 is 11.9 Å². The number of nitrogens with one attached hydrogen (secondary N) is 1. The first-order chi connectivity index (χ1) is 9.56. The van der Waals surface area contributed by atoms with Crippen LogP contribution in [0, 0.1) is 0 Å². The van der Waals surface area contributed by atoms with Crippen molar-refractivity contribution in [1.82, 2.24) is 15.1 Å². The number of rotatable bonds is 5. The fourth-order valence-corrected chi connectivity index (χ4v) is 2.22. The Kier molecular flexibility index (Phi) is 4.49. The van der Waals surface area contributed by atoms with Crippen molar-refractivity contribution in [3.05, 3.63) is 27.7 Å². The lowest BCUT2D eigenvalue weighted by Crippen LogP contribution is -2.35. The van der Waals surface area contributed by atoms with Gasteiger partial charge < -0.3 is 10.4 Å². The van der Waals surface area contributed by atoms with Gasteiger partial charge in [0.2, 0.25) is 5.91 Å². The summed E-state index contributed by atoms with van der Waals surface area (Å²) in [4.78, 5) is 33.8. The molecule has 1 amide bonds. The van der Waals surface area contributed by atoms with Crippen molar-refractivity contribution >= 4 is 11.9 Å². The zero-order chi connectivity index (χ0) is 14.5. The number of amides is 1. The highest BCUT2D eigenvalue weighted by atomic mass is 16.4. The van der Waals surface area contributed by atoms with Gasteiger partial charge in [-0.1, -0.05) is 0 Å². The number of nitrogens with zero attached hydrogens (tertiary/aromatic N) is 2. The van der Waals surface area contributed by atoms with Crippen LogP contribution in [0.15, 0.2) is 10.9 Å². The molecule has 0 saturated heterocycles. The van der Waals surface area contributed by atoms with E-state index in [-0.39, 0.29) is 25.1 Å². The van der Waals surface area contributed by atoms with Crippen molar-refractivity contribution in [3.63, 3.8) is 0 Å². The summed E-state index contributed by atoms with van der Waals surface area (Å²) >= 11 is 0. The van der Waals surface area contributed by atoms with Crippen LogP contribution in [0.2, 0.25) is 0 Å². The van der Waals surface area contributed by atoms with Gasteiger partial charge in [-0.3, -0.25) is 14.4 Å². The van der Waals surface area contributed by atoms with E-state index in [0.29, 0.717) is 0 Å². The third kappa shape index (κ3) is 3.66. The fraction of sp³-hybridized carbons (Fsp3) is 0.538. The molecule has 0 radical (unpaired) electrons. The number of hydrogen-bond donors (Lipinski definition) is 2. The number of carbonyl (C=O) groups excluding carboxylic acids is 1. The first-order valence-electron chi connectivity index (χ1n) is 6.64. The molecule has 0 aromatic carbocycles. The lowest BCUT2D eigenvalue weighted by molar-refractivity contribution is -0.136. The summed E-state index contributed by atoms with van der Waals surface area (Å²) < 4.78 is 1.14. The van der Waals surface area contributed by atoms with Crippen LogP contribution in [0.3, 0.4) is 0 Å². The van der Waals surface area contributed by atoms with Crippen LogP contribution >= 0.6 is 0 Å². The number of carbonyl (C=O) groups is 2. The number of carboxylic acid groups (broad SMARTS) is 1. The van der Waals surface area contributed by atoms with Crippen molar-refractivity contribution in [2.75, 3.05) is 6.54 Å². The maximum atomic E-state index is 11.8. The van der Waals surface area contributed by atoms with Crippen molar-refractivity contribution in [2.45, 2.75) is 38.6 Å². The Morgan fingerprint density at radius 1 is 1.35 bits per heavy atom. The number of fused-ring (bicyclic) bond motifs is 1. The standard InChI is InChI=1S/C13H17N3O4/c17-11(14-6-5-13(19)20)8-16-12(18)7-9-3-1-2-4-10(9)15-16/h7H,1-6,8H2,(H,14,17)(H,19,20). The van der Waals surface area contributed by atoms with Crippen molar-refractivity contribution in [2.24, 2.45) is 0 Å². The summed E-state index contributed by atoms with van der Waals surface area (Å²) in [7, 11) is 0. The molecule has 0 spiro atoms. The molecule has 0 atom stereocenters. The predicted octanol–water partition coefficient (Wildman–Crippen LogP) is -0.287. The lowest BCUT2D eigenvalue weighted by atomic mass is 9.97. The predicted molar refractivity (Wildman–Crippen MR) is 70.4 cm³/mol. The second kappa shape index (κ2) is 6.31. The van der Waals surface area contributed by atoms with Crippen molar-refractivity contribution in [3.8, 4) is 0 Å². The number of carboxylic acids is 1. The summed E-state index contributed by atoms with van der Waals surface area (Å²) in [5, 5.41) is 15.1. The summed E-state index contributed by atoms with van der Waals surface area (Å²) in [6.07, 6.45) is 3.66. The third-order valence-electron chi connectivity index (χ3n) is 3.23. The second-order valence-corrected chi connectivity index (χ2v) is 4.81. The number of hydrogen-bond acceptors (Lipinski definition) is 4. The van der Waals surface area contributed by atoms with Crippen LogP contribution in [0.25, 0.3) is 0 Å². The first kappa shape index (κ1) is 14.2. The minimum atomic E-state index is -0.977. The van der Waals surface area contributed by atoms with E-state index in [9.17, 15) is 14.4 Å². The molecule has 0 saturated carbocycles. The van der Waals surface area contributed by atoms with Crippen LogP contribution in [0.4, 0.5) is 0 Å². The summed E-state index contributed by atoms with van der Waals surface area (Å²) in [5.41, 5.74) is 1.57. The summed E-state index contributed by atoms with van der Waals surface area (Å²) in [5.74, 6) is -1.38. The SMILES string of the molecule is O=C(O)CCNC(=O)Cn1nc2c(cc1=O)CCCC2. The van der Waals surface area contributed by atoms with Gasteiger partial charge in [0.05, 0.1) is 12.1 Å². The first-order valence-corrected chi connectivity index (χ1v) is 6.64. The van der Waals surface area contributed by atoms with Gasteiger partial charge in [0.1, 0.15) is 6.54 Å². The molecule has 1 heterocycles. The minimum Gasteiger partial charge on any atom is -0.481 e. The molecule has 7 nitrogen and oxygen atoms in total. The molecular weight excluding hydrogens is 262 g/mol. The van der Waals surface area contributed by atoms with E-state index in [1.54, 1.807) is 6.07 Å². The zero-order valence-corrected chi connectivity index (χ0v) is 11.1. The van der Waals surface area contributed by atoms with Crippen LogP contribution in [-0.2, 0) is 29.0 Å². The molecule has 0 bridgehead atoms. The molecule has 2 rings (SSSR count). The van der Waals surface area contributed by atoms with Crippen LogP contribution in [0.5, 0.6) is 0 Å². The average Bonchev–Trinajstić information content (AvgIpc) is 2.39. The zero-order valence-electron chi connectivity index (χ0n) is 11.1. The van der Waals surface area contributed by atoms with Crippen molar-refractivity contribution < 1.29 is 14.7 Å². The van der Waals surface area contributed by atoms with E-state index in [4.69, 9.17) is 5.11 Å². The molecule has 1 aliphatic rings. The Bertz CT molecular complexity index is 579. The van der Waals surface area contributed by atoms with E-state index in [2.05, 4.69) is 10.4 Å². The maximum Gasteiger partial charge on any atom is 0.305 e. The van der Waals surface area contributed by atoms with Gasteiger partial charge in [-0.2, -0.15) is 5.10 Å². The Morgan fingerprint density at radius 3 is 2.85 bits per heavy atom. The molecule has 2 N–H and O–H groups in total. The van der Waals surface area contributed by atoms with Gasteiger partial charge >= 0.3 is 5.97 Å². The summed E-state index contributed by atoms with van der Waals surface area (Å²) in [6, 6.07) is 1.55. The normalized spacial score (nSPS) is 13.6. The Balaban J connectivity index is 2.00. The Labute approximate surface area is 115 Å². The van der Waals surface area contributed by atoms with E-state index in [1.807, 2.05) is 0 Å². The number of aromatic nitrogens is 2. The topological polar surface area (TPSA) is 101 Å². The summed E-state index contributed by atoms with van der Waals surface area (Å²) in [6.45, 7) is -0.125.